The largest absolute Gasteiger partial charge is 0.444 e. The number of aliphatic hydroxyl groups is 2. The number of anilines is 3. The van der Waals surface area contributed by atoms with Crippen LogP contribution in [0.25, 0.3) is 0 Å². The van der Waals surface area contributed by atoms with E-state index < -0.39 is 29.9 Å². The standard InChI is InChI=1S/C14H23ClN6O4/c1-14(2,3)25-13(24)21-4-6(9(23)7(22)5-21)18-11-8(16)10(15)19-12(17)20-11/h6-7,9,22-23H,4-5,16H2,1-3H3,(H3,17,18,19,20)/t6-,7-,9+/m1/s1. The van der Waals surface area contributed by atoms with Crippen LogP contribution in [-0.2, 0) is 4.74 Å². The van der Waals surface area contributed by atoms with Crippen molar-refractivity contribution in [3.8, 4) is 0 Å². The maximum absolute atomic E-state index is 12.2. The third kappa shape index (κ3) is 4.74. The van der Waals surface area contributed by atoms with Crippen LogP contribution in [0.2, 0.25) is 5.15 Å². The van der Waals surface area contributed by atoms with Gasteiger partial charge in [0, 0.05) is 6.54 Å². The second kappa shape index (κ2) is 7.06. The smallest absolute Gasteiger partial charge is 0.410 e. The van der Waals surface area contributed by atoms with Crippen LogP contribution in [0.4, 0.5) is 22.2 Å². The fourth-order valence-electron chi connectivity index (χ4n) is 2.37. The molecule has 3 atom stereocenters. The maximum atomic E-state index is 12.2. The van der Waals surface area contributed by atoms with Gasteiger partial charge in [0.15, 0.2) is 11.0 Å². The molecule has 1 aliphatic heterocycles. The molecule has 1 aromatic rings. The van der Waals surface area contributed by atoms with Gasteiger partial charge < -0.3 is 36.6 Å². The van der Waals surface area contributed by atoms with Crippen LogP contribution in [0.5, 0.6) is 0 Å². The molecule has 25 heavy (non-hydrogen) atoms. The Kier molecular flexibility index (Phi) is 5.45. The van der Waals surface area contributed by atoms with E-state index in [2.05, 4.69) is 15.3 Å². The molecular weight excluding hydrogens is 352 g/mol. The number of nitrogens with one attached hydrogen (secondary N) is 1. The Hall–Kier alpha value is -2.04. The minimum Gasteiger partial charge on any atom is -0.444 e. The van der Waals surface area contributed by atoms with Crippen LogP contribution in [0.1, 0.15) is 20.8 Å². The van der Waals surface area contributed by atoms with Crippen molar-refractivity contribution in [2.45, 2.75) is 44.6 Å². The van der Waals surface area contributed by atoms with Gasteiger partial charge in [-0.1, -0.05) is 11.6 Å². The van der Waals surface area contributed by atoms with Gasteiger partial charge in [-0.05, 0) is 20.8 Å². The fraction of sp³-hybridized carbons (Fsp3) is 0.643. The van der Waals surface area contributed by atoms with Gasteiger partial charge in [-0.2, -0.15) is 9.97 Å². The topological polar surface area (TPSA) is 160 Å². The highest BCUT2D eigenvalue weighted by atomic mass is 35.5. The number of β-amino-alcohol motifs (C(OH)–C–C–N with tert-alkyl or cyclic N) is 1. The number of nitrogen functional groups attached to an aromatic ring is 2. The van der Waals surface area contributed by atoms with E-state index >= 15 is 0 Å². The zero-order chi connectivity index (χ0) is 18.9. The highest BCUT2D eigenvalue weighted by molar-refractivity contribution is 6.32. The van der Waals surface area contributed by atoms with E-state index in [0.29, 0.717) is 0 Å². The van der Waals surface area contributed by atoms with E-state index in [4.69, 9.17) is 27.8 Å². The number of carbonyl (C=O) groups is 1. The number of ether oxygens (including phenoxy) is 1. The highest BCUT2D eigenvalue weighted by Gasteiger charge is 2.38. The van der Waals surface area contributed by atoms with Crippen LogP contribution < -0.4 is 16.8 Å². The Balaban J connectivity index is 2.18. The minimum absolute atomic E-state index is 0.0372. The first kappa shape index (κ1) is 19.3. The molecule has 1 aliphatic rings. The van der Waals surface area contributed by atoms with Crippen molar-refractivity contribution in [2.75, 3.05) is 29.9 Å². The van der Waals surface area contributed by atoms with Crippen molar-refractivity contribution in [1.82, 2.24) is 14.9 Å². The number of hydrogen-bond donors (Lipinski definition) is 5. The van der Waals surface area contributed by atoms with E-state index in [0.717, 1.165) is 0 Å². The predicted octanol–water partition coefficient (Wildman–Crippen LogP) is 0.0474. The molecule has 0 spiro atoms. The van der Waals surface area contributed by atoms with Crippen LogP contribution in [0.3, 0.4) is 0 Å². The van der Waals surface area contributed by atoms with E-state index in [9.17, 15) is 15.0 Å². The Morgan fingerprint density at radius 1 is 1.32 bits per heavy atom. The molecule has 1 aromatic heterocycles. The predicted molar refractivity (Wildman–Crippen MR) is 93.1 cm³/mol. The second-order valence-corrected chi connectivity index (χ2v) is 7.19. The molecule has 0 aromatic carbocycles. The SMILES string of the molecule is CC(C)(C)OC(=O)N1C[C@@H](O)[C@@H](O)[C@H](Nc2nc(N)nc(Cl)c2N)C1. The molecule has 1 amide bonds. The number of nitrogens with two attached hydrogens (primary N) is 2. The zero-order valence-corrected chi connectivity index (χ0v) is 15.0. The normalized spacial score (nSPS) is 24.1. The van der Waals surface area contributed by atoms with Gasteiger partial charge in [-0.3, -0.25) is 0 Å². The summed E-state index contributed by atoms with van der Waals surface area (Å²) in [6.45, 7) is 5.22. The average molecular weight is 375 g/mol. The highest BCUT2D eigenvalue weighted by Crippen LogP contribution is 2.27. The molecule has 0 bridgehead atoms. The Bertz CT molecular complexity index is 653. The summed E-state index contributed by atoms with van der Waals surface area (Å²) in [5, 5.41) is 23.1. The number of amides is 1. The lowest BCUT2D eigenvalue weighted by Crippen LogP contribution is -2.60. The lowest BCUT2D eigenvalue weighted by molar-refractivity contribution is -0.0527. The van der Waals surface area contributed by atoms with Crippen LogP contribution >= 0.6 is 11.6 Å². The number of piperidine rings is 1. The van der Waals surface area contributed by atoms with Crippen LogP contribution in [0.15, 0.2) is 0 Å². The number of rotatable bonds is 2. The molecule has 0 unspecified atom stereocenters. The second-order valence-electron chi connectivity index (χ2n) is 6.83. The first-order valence-electron chi connectivity index (χ1n) is 7.67. The zero-order valence-electron chi connectivity index (χ0n) is 14.2. The molecule has 0 radical (unpaired) electrons. The summed E-state index contributed by atoms with van der Waals surface area (Å²) >= 11 is 5.86. The van der Waals surface area contributed by atoms with Gasteiger partial charge in [0.25, 0.3) is 0 Å². The molecule has 11 heteroatoms. The van der Waals surface area contributed by atoms with Gasteiger partial charge in [0.1, 0.15) is 17.4 Å². The first-order chi connectivity index (χ1) is 11.5. The molecule has 0 aliphatic carbocycles. The molecule has 2 heterocycles. The molecule has 140 valence electrons. The van der Waals surface area contributed by atoms with Crippen molar-refractivity contribution in [2.24, 2.45) is 0 Å². The van der Waals surface area contributed by atoms with Gasteiger partial charge in [0.2, 0.25) is 5.95 Å². The molecular formula is C14H23ClN6O4. The summed E-state index contributed by atoms with van der Waals surface area (Å²) in [5.74, 6) is 0.0105. The first-order valence-corrected chi connectivity index (χ1v) is 8.05. The Morgan fingerprint density at radius 2 is 1.96 bits per heavy atom. The van der Waals surface area contributed by atoms with Crippen LogP contribution in [-0.4, -0.2) is 68.1 Å². The average Bonchev–Trinajstić information content (AvgIpc) is 2.46. The number of carbonyl (C=O) groups excluding carboxylic acids is 1. The Labute approximate surface area is 150 Å². The third-order valence-electron chi connectivity index (χ3n) is 3.52. The lowest BCUT2D eigenvalue weighted by atomic mass is 9.99. The van der Waals surface area contributed by atoms with Crippen molar-refractivity contribution in [3.05, 3.63) is 5.15 Å². The van der Waals surface area contributed by atoms with Crippen molar-refractivity contribution >= 4 is 35.1 Å². The summed E-state index contributed by atoms with van der Waals surface area (Å²) in [7, 11) is 0. The van der Waals surface area contributed by atoms with Crippen molar-refractivity contribution in [1.29, 1.82) is 0 Å². The van der Waals surface area contributed by atoms with Crippen molar-refractivity contribution < 1.29 is 19.7 Å². The van der Waals surface area contributed by atoms with E-state index in [1.807, 2.05) is 0 Å². The fourth-order valence-corrected chi connectivity index (χ4v) is 2.55. The summed E-state index contributed by atoms with van der Waals surface area (Å²) in [6.07, 6.45) is -2.93. The van der Waals surface area contributed by atoms with E-state index in [1.165, 1.54) is 4.90 Å². The minimum atomic E-state index is -1.17. The third-order valence-corrected chi connectivity index (χ3v) is 3.81. The van der Waals surface area contributed by atoms with Gasteiger partial charge in [-0.25, -0.2) is 4.79 Å². The van der Waals surface area contributed by atoms with E-state index in [1.54, 1.807) is 20.8 Å². The Morgan fingerprint density at radius 3 is 2.56 bits per heavy atom. The number of aromatic nitrogens is 2. The molecule has 10 nitrogen and oxygen atoms in total. The quantitative estimate of drug-likeness (QED) is 0.450. The molecule has 1 fully saturated rings. The van der Waals surface area contributed by atoms with Gasteiger partial charge >= 0.3 is 6.09 Å². The molecule has 0 saturated carbocycles. The number of nitrogens with zero attached hydrogens (tertiary/aromatic N) is 3. The number of aliphatic hydroxyl groups excluding tert-OH is 2. The number of hydrogen-bond acceptors (Lipinski definition) is 9. The molecule has 7 N–H and O–H groups in total. The molecule has 2 rings (SSSR count). The summed E-state index contributed by atoms with van der Waals surface area (Å²) in [6, 6.07) is -0.760. The lowest BCUT2D eigenvalue weighted by Gasteiger charge is -2.40. The van der Waals surface area contributed by atoms with E-state index in [-0.39, 0.29) is 35.7 Å². The summed E-state index contributed by atoms with van der Waals surface area (Å²) in [4.78, 5) is 21.2. The van der Waals surface area contributed by atoms with Crippen LogP contribution in [0, 0.1) is 0 Å². The van der Waals surface area contributed by atoms with Gasteiger partial charge in [0.05, 0.1) is 18.7 Å². The van der Waals surface area contributed by atoms with Gasteiger partial charge in [-0.15, -0.1) is 0 Å². The summed E-state index contributed by atoms with van der Waals surface area (Å²) < 4.78 is 5.30. The maximum Gasteiger partial charge on any atom is 0.410 e. The van der Waals surface area contributed by atoms with Crippen molar-refractivity contribution in [3.63, 3.8) is 0 Å². The summed E-state index contributed by atoms with van der Waals surface area (Å²) in [5.41, 5.74) is 10.7. The molecule has 1 saturated heterocycles. The monoisotopic (exact) mass is 374 g/mol. The number of likely N-dealkylation sites (tertiary alicyclic amines) is 1. The number of halogens is 1.